The maximum absolute atomic E-state index is 12.9. The number of carbonyl (C=O) groups excluding carboxylic acids is 1. The van der Waals surface area contributed by atoms with E-state index in [4.69, 9.17) is 11.6 Å². The fourth-order valence-electron chi connectivity index (χ4n) is 5.32. The van der Waals surface area contributed by atoms with Gasteiger partial charge in [0, 0.05) is 73.8 Å². The summed E-state index contributed by atoms with van der Waals surface area (Å²) in [6.07, 6.45) is 2.02. The third-order valence-electron chi connectivity index (χ3n) is 7.77. The molecule has 2 aliphatic rings. The van der Waals surface area contributed by atoms with Gasteiger partial charge in [0.05, 0.1) is 4.92 Å². The summed E-state index contributed by atoms with van der Waals surface area (Å²) in [5.41, 5.74) is 3.73. The summed E-state index contributed by atoms with van der Waals surface area (Å²) in [6.45, 7) is 8.31. The second kappa shape index (κ2) is 12.1. The molecule has 5 rings (SSSR count). The van der Waals surface area contributed by atoms with E-state index in [9.17, 15) is 14.9 Å². The number of rotatable bonds is 7. The van der Waals surface area contributed by atoms with Crippen LogP contribution in [0.1, 0.15) is 35.7 Å². The fraction of sp³-hybridized carbons (Fsp3) is 0.367. The second-order valence-electron chi connectivity index (χ2n) is 10.5. The lowest BCUT2D eigenvalue weighted by Crippen LogP contribution is -2.46. The minimum Gasteiger partial charge on any atom is -0.369 e. The van der Waals surface area contributed by atoms with Crippen molar-refractivity contribution in [1.29, 1.82) is 0 Å². The summed E-state index contributed by atoms with van der Waals surface area (Å²) in [7, 11) is 0. The van der Waals surface area contributed by atoms with E-state index in [2.05, 4.69) is 33.0 Å². The molecule has 3 aromatic rings. The third kappa shape index (κ3) is 6.52. The smallest absolute Gasteiger partial charge is 0.293 e. The van der Waals surface area contributed by atoms with Crippen molar-refractivity contribution in [2.75, 3.05) is 54.4 Å². The highest BCUT2D eigenvalue weighted by Gasteiger charge is 2.25. The molecule has 0 unspecified atom stereocenters. The topological polar surface area (TPSA) is 82.0 Å². The number of halogens is 1. The number of anilines is 3. The number of hydrogen-bond acceptors (Lipinski definition) is 6. The van der Waals surface area contributed by atoms with E-state index >= 15 is 0 Å². The molecule has 0 radical (unpaired) electrons. The lowest BCUT2D eigenvalue weighted by Gasteiger charge is -2.36. The predicted octanol–water partition coefficient (Wildman–Crippen LogP) is 6.06. The van der Waals surface area contributed by atoms with Crippen LogP contribution in [0.15, 0.2) is 66.7 Å². The Balaban J connectivity index is 1.18. The van der Waals surface area contributed by atoms with E-state index in [0.29, 0.717) is 17.3 Å². The maximum Gasteiger partial charge on any atom is 0.293 e. The van der Waals surface area contributed by atoms with Crippen LogP contribution in [0.25, 0.3) is 0 Å². The molecular weight excluding hydrogens is 514 g/mol. The van der Waals surface area contributed by atoms with E-state index in [-0.39, 0.29) is 17.2 Å². The van der Waals surface area contributed by atoms with Gasteiger partial charge in [0.2, 0.25) is 0 Å². The molecule has 2 fully saturated rings. The lowest BCUT2D eigenvalue weighted by atomic mass is 9.98. The van der Waals surface area contributed by atoms with Crippen LogP contribution in [0.3, 0.4) is 0 Å². The summed E-state index contributed by atoms with van der Waals surface area (Å²) in [5.74, 6) is 0.262. The first kappa shape index (κ1) is 27.0. The number of amides is 1. The molecule has 9 heteroatoms. The van der Waals surface area contributed by atoms with Crippen molar-refractivity contribution in [3.05, 3.63) is 93.0 Å². The Morgan fingerprint density at radius 2 is 1.64 bits per heavy atom. The van der Waals surface area contributed by atoms with E-state index in [1.807, 2.05) is 42.5 Å². The van der Waals surface area contributed by atoms with Gasteiger partial charge in [-0.15, -0.1) is 0 Å². The van der Waals surface area contributed by atoms with Gasteiger partial charge in [-0.05, 0) is 66.8 Å². The first-order valence-corrected chi connectivity index (χ1v) is 13.9. The molecule has 2 aliphatic heterocycles. The third-order valence-corrected chi connectivity index (χ3v) is 8.14. The van der Waals surface area contributed by atoms with Crippen molar-refractivity contribution >= 4 is 40.3 Å². The number of piperidine rings is 1. The van der Waals surface area contributed by atoms with Gasteiger partial charge in [0.25, 0.3) is 11.6 Å². The monoisotopic (exact) mass is 547 g/mol. The standard InChI is InChI=1S/C30H34ClN5O3/c1-22-12-14-35(15-13-22)28-11-6-23(20-29(28)36(38)39)30(37)32-25-7-9-26(10-8-25)34-18-16-33(17-19-34)21-24-4-2-3-5-27(24)31/h2-11,20,22H,12-19,21H2,1H3,(H,32,37). The van der Waals surface area contributed by atoms with Gasteiger partial charge in [0.15, 0.2) is 0 Å². The van der Waals surface area contributed by atoms with Crippen LogP contribution in [0.2, 0.25) is 5.02 Å². The summed E-state index contributed by atoms with van der Waals surface area (Å²) in [4.78, 5) is 31.1. The average Bonchev–Trinajstić information content (AvgIpc) is 2.95. The van der Waals surface area contributed by atoms with Crippen molar-refractivity contribution < 1.29 is 9.72 Å². The molecule has 1 amide bonds. The van der Waals surface area contributed by atoms with E-state index in [1.165, 1.54) is 6.07 Å². The largest absolute Gasteiger partial charge is 0.369 e. The lowest BCUT2D eigenvalue weighted by molar-refractivity contribution is -0.384. The zero-order chi connectivity index (χ0) is 27.4. The number of nitro groups is 1. The highest BCUT2D eigenvalue weighted by Crippen LogP contribution is 2.32. The molecular formula is C30H34ClN5O3. The van der Waals surface area contributed by atoms with Crippen LogP contribution in [-0.2, 0) is 6.54 Å². The molecule has 204 valence electrons. The summed E-state index contributed by atoms with van der Waals surface area (Å²) >= 11 is 6.32. The van der Waals surface area contributed by atoms with Crippen LogP contribution in [-0.4, -0.2) is 55.0 Å². The van der Waals surface area contributed by atoms with Gasteiger partial charge in [-0.2, -0.15) is 0 Å². The number of carbonyl (C=O) groups is 1. The average molecular weight is 548 g/mol. The molecule has 39 heavy (non-hydrogen) atoms. The van der Waals surface area contributed by atoms with Gasteiger partial charge in [0.1, 0.15) is 5.69 Å². The van der Waals surface area contributed by atoms with Gasteiger partial charge < -0.3 is 15.1 Å². The van der Waals surface area contributed by atoms with Crippen molar-refractivity contribution in [1.82, 2.24) is 4.90 Å². The van der Waals surface area contributed by atoms with Crippen molar-refractivity contribution in [2.24, 2.45) is 5.92 Å². The number of benzene rings is 3. The first-order valence-electron chi connectivity index (χ1n) is 13.5. The van der Waals surface area contributed by atoms with Crippen molar-refractivity contribution in [3.8, 4) is 0 Å². The van der Waals surface area contributed by atoms with Gasteiger partial charge in [-0.1, -0.05) is 36.7 Å². The molecule has 0 aliphatic carbocycles. The Kier molecular flexibility index (Phi) is 8.33. The van der Waals surface area contributed by atoms with Gasteiger partial charge in [-0.25, -0.2) is 0 Å². The first-order chi connectivity index (χ1) is 18.9. The maximum atomic E-state index is 12.9. The number of nitro benzene ring substituents is 1. The summed E-state index contributed by atoms with van der Waals surface area (Å²) in [5, 5.41) is 15.5. The fourth-order valence-corrected chi connectivity index (χ4v) is 5.51. The van der Waals surface area contributed by atoms with Crippen LogP contribution < -0.4 is 15.1 Å². The highest BCUT2D eigenvalue weighted by molar-refractivity contribution is 6.31. The second-order valence-corrected chi connectivity index (χ2v) is 10.9. The van der Waals surface area contributed by atoms with Crippen LogP contribution in [0, 0.1) is 16.0 Å². The zero-order valence-electron chi connectivity index (χ0n) is 22.2. The quantitative estimate of drug-likeness (QED) is 0.286. The number of nitrogens with zero attached hydrogens (tertiary/aromatic N) is 4. The SMILES string of the molecule is CC1CCN(c2ccc(C(=O)Nc3ccc(N4CCN(Cc5ccccc5Cl)CC4)cc3)cc2[N+](=O)[O-])CC1. The molecule has 1 N–H and O–H groups in total. The zero-order valence-corrected chi connectivity index (χ0v) is 22.9. The van der Waals surface area contributed by atoms with E-state index < -0.39 is 4.92 Å². The Hall–Kier alpha value is -3.62. The summed E-state index contributed by atoms with van der Waals surface area (Å²) < 4.78 is 0. The Morgan fingerprint density at radius 3 is 2.31 bits per heavy atom. The van der Waals surface area contributed by atoms with Gasteiger partial charge >= 0.3 is 0 Å². The van der Waals surface area contributed by atoms with E-state index in [0.717, 1.165) is 74.9 Å². The molecule has 2 saturated heterocycles. The van der Waals surface area contributed by atoms with E-state index in [1.54, 1.807) is 12.1 Å². The number of nitrogens with one attached hydrogen (secondary N) is 1. The molecule has 8 nitrogen and oxygen atoms in total. The van der Waals surface area contributed by atoms with Crippen molar-refractivity contribution in [2.45, 2.75) is 26.3 Å². The van der Waals surface area contributed by atoms with Crippen LogP contribution in [0.4, 0.5) is 22.7 Å². The molecule has 2 heterocycles. The number of piperazine rings is 1. The van der Waals surface area contributed by atoms with Crippen LogP contribution in [0.5, 0.6) is 0 Å². The molecule has 0 bridgehead atoms. The molecule has 0 spiro atoms. The molecule has 0 saturated carbocycles. The molecule has 0 aromatic heterocycles. The Bertz CT molecular complexity index is 1320. The normalized spacial score (nSPS) is 16.8. The Morgan fingerprint density at radius 1 is 0.949 bits per heavy atom. The number of hydrogen-bond donors (Lipinski definition) is 1. The minimum absolute atomic E-state index is 0.0266. The predicted molar refractivity (Wildman–Crippen MR) is 157 cm³/mol. The molecule has 3 aromatic carbocycles. The van der Waals surface area contributed by atoms with Gasteiger partial charge in [-0.3, -0.25) is 19.8 Å². The van der Waals surface area contributed by atoms with Crippen LogP contribution >= 0.6 is 11.6 Å². The Labute approximate surface area is 234 Å². The highest BCUT2D eigenvalue weighted by atomic mass is 35.5. The summed E-state index contributed by atoms with van der Waals surface area (Å²) in [6, 6.07) is 20.5. The minimum atomic E-state index is -0.396. The van der Waals surface area contributed by atoms with Crippen molar-refractivity contribution in [3.63, 3.8) is 0 Å². The molecule has 0 atom stereocenters.